The van der Waals surface area contributed by atoms with E-state index in [1.807, 2.05) is 59.8 Å². The topological polar surface area (TPSA) is 26.3 Å². The fourth-order valence-electron chi connectivity index (χ4n) is 1.07. The zero-order valence-corrected chi connectivity index (χ0v) is 10.7. The molecular weight excluding hydrogens is 303 g/mol. The maximum atomic E-state index is 11.4. The summed E-state index contributed by atoms with van der Waals surface area (Å²) in [6.45, 7) is 2.48. The average molecular weight is 316 g/mol. The van der Waals surface area contributed by atoms with Crippen LogP contribution in [0.4, 0.5) is 0 Å². The fraction of sp³-hybridized carbons (Fsp3) is 0.250. The zero-order valence-electron chi connectivity index (χ0n) is 8.57. The van der Waals surface area contributed by atoms with E-state index in [0.717, 1.165) is 9.14 Å². The van der Waals surface area contributed by atoms with Crippen LogP contribution in [0.2, 0.25) is 0 Å². The molecule has 1 aromatic carbocycles. The minimum absolute atomic E-state index is 0.0361. The van der Waals surface area contributed by atoms with E-state index < -0.39 is 0 Å². The molecule has 0 saturated carbocycles. The number of rotatable bonds is 5. The molecule has 80 valence electrons. The van der Waals surface area contributed by atoms with Crippen LogP contribution in [-0.4, -0.2) is 12.4 Å². The van der Waals surface area contributed by atoms with Crippen LogP contribution in [0.1, 0.15) is 12.5 Å². The second-order valence-corrected chi connectivity index (χ2v) is 4.20. The first-order valence-electron chi connectivity index (χ1n) is 4.70. The molecule has 0 amide bonds. The Bertz CT molecular complexity index is 344. The summed E-state index contributed by atoms with van der Waals surface area (Å²) in [6, 6.07) is 9.82. The van der Waals surface area contributed by atoms with E-state index in [2.05, 4.69) is 0 Å². The predicted octanol–water partition coefficient (Wildman–Crippen LogP) is 3.11. The molecular formula is C12H13IO2. The van der Waals surface area contributed by atoms with Gasteiger partial charge < -0.3 is 4.74 Å². The van der Waals surface area contributed by atoms with E-state index in [4.69, 9.17) is 4.74 Å². The summed E-state index contributed by atoms with van der Waals surface area (Å²) in [4.78, 5) is 11.4. The molecule has 0 aliphatic heterocycles. The Balaban J connectivity index is 2.31. The van der Waals surface area contributed by atoms with Crippen LogP contribution >= 0.6 is 22.6 Å². The Morgan fingerprint density at radius 2 is 2.07 bits per heavy atom. The van der Waals surface area contributed by atoms with Crippen LogP contribution in [0.15, 0.2) is 40.0 Å². The Kier molecular flexibility index (Phi) is 5.57. The Morgan fingerprint density at radius 1 is 1.40 bits per heavy atom. The normalized spacial score (nSPS) is 11.5. The third kappa shape index (κ3) is 4.57. The largest absolute Gasteiger partial charge is 0.369 e. The van der Waals surface area contributed by atoms with Crippen molar-refractivity contribution in [2.75, 3.05) is 6.61 Å². The highest BCUT2D eigenvalue weighted by molar-refractivity contribution is 14.1. The molecule has 0 aliphatic rings. The minimum Gasteiger partial charge on any atom is -0.369 e. The smallest absolute Gasteiger partial charge is 0.194 e. The molecule has 0 N–H and O–H groups in total. The maximum Gasteiger partial charge on any atom is 0.194 e. The van der Waals surface area contributed by atoms with Gasteiger partial charge >= 0.3 is 0 Å². The van der Waals surface area contributed by atoms with Crippen LogP contribution in [-0.2, 0) is 16.1 Å². The molecule has 1 aromatic rings. The molecule has 0 atom stereocenters. The third-order valence-electron chi connectivity index (χ3n) is 1.86. The summed E-state index contributed by atoms with van der Waals surface area (Å²) in [6.07, 6.45) is 1.79. The van der Waals surface area contributed by atoms with Crippen molar-refractivity contribution in [3.05, 3.63) is 45.6 Å². The molecule has 0 bridgehead atoms. The minimum atomic E-state index is 0.0361. The second kappa shape index (κ2) is 6.74. The van der Waals surface area contributed by atoms with Crippen molar-refractivity contribution in [1.29, 1.82) is 0 Å². The van der Waals surface area contributed by atoms with Crippen molar-refractivity contribution in [1.82, 2.24) is 0 Å². The number of carbonyl (C=O) groups excluding carboxylic acids is 1. The van der Waals surface area contributed by atoms with Gasteiger partial charge in [0.15, 0.2) is 5.78 Å². The van der Waals surface area contributed by atoms with Gasteiger partial charge in [-0.2, -0.15) is 0 Å². The lowest BCUT2D eigenvalue weighted by Crippen LogP contribution is -2.08. The van der Waals surface area contributed by atoms with Gasteiger partial charge in [-0.25, -0.2) is 0 Å². The van der Waals surface area contributed by atoms with Gasteiger partial charge in [0.25, 0.3) is 0 Å². The summed E-state index contributed by atoms with van der Waals surface area (Å²) in [5, 5.41) is 0. The first-order chi connectivity index (χ1) is 7.24. The van der Waals surface area contributed by atoms with Crippen LogP contribution in [0.25, 0.3) is 0 Å². The lowest BCUT2D eigenvalue weighted by atomic mass is 10.2. The molecule has 0 spiro atoms. The van der Waals surface area contributed by atoms with Gasteiger partial charge in [-0.3, -0.25) is 4.79 Å². The second-order valence-electron chi connectivity index (χ2n) is 3.04. The molecule has 15 heavy (non-hydrogen) atoms. The molecule has 0 unspecified atom stereocenters. The molecule has 0 aromatic heterocycles. The summed E-state index contributed by atoms with van der Waals surface area (Å²) < 4.78 is 6.03. The van der Waals surface area contributed by atoms with Gasteiger partial charge in [0.1, 0.15) is 6.61 Å². The van der Waals surface area contributed by atoms with Crippen molar-refractivity contribution in [2.45, 2.75) is 13.5 Å². The first-order valence-corrected chi connectivity index (χ1v) is 5.78. The Morgan fingerprint density at radius 3 is 2.67 bits per heavy atom. The first kappa shape index (κ1) is 12.4. The van der Waals surface area contributed by atoms with Gasteiger partial charge in [-0.05, 0) is 35.1 Å². The summed E-state index contributed by atoms with van der Waals surface area (Å²) in [5.41, 5.74) is 1.08. The number of allylic oxidation sites excluding steroid dienone is 1. The molecule has 1 rings (SSSR count). The highest BCUT2D eigenvalue weighted by Gasteiger charge is 2.04. The van der Waals surface area contributed by atoms with Gasteiger partial charge in [0.2, 0.25) is 0 Å². The highest BCUT2D eigenvalue weighted by Crippen LogP contribution is 2.07. The zero-order chi connectivity index (χ0) is 11.1. The van der Waals surface area contributed by atoms with Gasteiger partial charge in [-0.15, -0.1) is 0 Å². The molecule has 0 aliphatic carbocycles. The molecule has 0 heterocycles. The van der Waals surface area contributed by atoms with Crippen molar-refractivity contribution >= 4 is 28.4 Å². The lowest BCUT2D eigenvalue weighted by Gasteiger charge is -2.02. The van der Waals surface area contributed by atoms with Crippen LogP contribution in [0.3, 0.4) is 0 Å². The number of hydrogen-bond acceptors (Lipinski definition) is 2. The van der Waals surface area contributed by atoms with Crippen molar-refractivity contribution in [3.8, 4) is 0 Å². The van der Waals surface area contributed by atoms with E-state index in [9.17, 15) is 4.79 Å². The number of ether oxygens (including phenoxy) is 1. The van der Waals surface area contributed by atoms with Crippen LogP contribution in [0.5, 0.6) is 0 Å². The van der Waals surface area contributed by atoms with Gasteiger partial charge in [0.05, 0.1) is 10.2 Å². The standard InChI is InChI=1S/C12H13IO2/c1-2-11(13)12(14)9-15-8-10-6-4-3-5-7-10/h2-7H,8-9H2,1H3. The molecule has 0 radical (unpaired) electrons. The summed E-state index contributed by atoms with van der Waals surface area (Å²) in [7, 11) is 0. The maximum absolute atomic E-state index is 11.4. The van der Waals surface area contributed by atoms with Crippen molar-refractivity contribution in [3.63, 3.8) is 0 Å². The number of carbonyl (C=O) groups is 1. The van der Waals surface area contributed by atoms with Crippen LogP contribution in [0, 0.1) is 0 Å². The highest BCUT2D eigenvalue weighted by atomic mass is 127. The predicted molar refractivity (Wildman–Crippen MR) is 68.9 cm³/mol. The summed E-state index contributed by atoms with van der Waals surface area (Å²) >= 11 is 2.02. The quantitative estimate of drug-likeness (QED) is 0.616. The number of ketones is 1. The van der Waals surface area contributed by atoms with Crippen molar-refractivity contribution < 1.29 is 9.53 Å². The van der Waals surface area contributed by atoms with Crippen molar-refractivity contribution in [2.24, 2.45) is 0 Å². The SMILES string of the molecule is CC=C(I)C(=O)COCc1ccccc1. The Hall–Kier alpha value is -0.680. The number of Topliss-reactive ketones (excluding diaryl/α,β-unsaturated/α-hetero) is 1. The third-order valence-corrected chi connectivity index (χ3v) is 3.09. The van der Waals surface area contributed by atoms with Gasteiger partial charge in [-0.1, -0.05) is 36.4 Å². The number of benzene rings is 1. The summed E-state index contributed by atoms with van der Waals surface area (Å²) in [5.74, 6) is 0.0361. The van der Waals surface area contributed by atoms with E-state index >= 15 is 0 Å². The number of halogens is 1. The molecule has 2 nitrogen and oxygen atoms in total. The van der Waals surface area contributed by atoms with Crippen LogP contribution < -0.4 is 0 Å². The van der Waals surface area contributed by atoms with E-state index in [1.54, 1.807) is 6.08 Å². The number of hydrogen-bond donors (Lipinski definition) is 0. The van der Waals surface area contributed by atoms with Gasteiger partial charge in [0, 0.05) is 0 Å². The molecule has 0 fully saturated rings. The van der Waals surface area contributed by atoms with E-state index in [1.165, 1.54) is 0 Å². The lowest BCUT2D eigenvalue weighted by molar-refractivity contribution is -0.119. The fourth-order valence-corrected chi connectivity index (χ4v) is 1.22. The van der Waals surface area contributed by atoms with E-state index in [-0.39, 0.29) is 12.4 Å². The molecule has 3 heteroatoms. The molecule has 0 saturated heterocycles. The van der Waals surface area contributed by atoms with E-state index in [0.29, 0.717) is 6.61 Å². The average Bonchev–Trinajstić information content (AvgIpc) is 2.29. The Labute approximate surface area is 103 Å². The monoisotopic (exact) mass is 316 g/mol.